The molecule has 2 bridgehead atoms. The van der Waals surface area contributed by atoms with Crippen LogP contribution in [0.5, 0.6) is 0 Å². The standard InChI is InChI=1S/C13H18N2S/c1-9(13-14-4-5-16-13)15-8-12-7-10-2-3-11(12)6-10/h2-5,9-12,15H,6-8H2,1H3. The van der Waals surface area contributed by atoms with Gasteiger partial charge in [-0.3, -0.25) is 0 Å². The third kappa shape index (κ3) is 1.94. The molecule has 1 N–H and O–H groups in total. The van der Waals surface area contributed by atoms with Crippen molar-refractivity contribution in [3.8, 4) is 0 Å². The van der Waals surface area contributed by atoms with E-state index in [0.717, 1.165) is 24.3 Å². The van der Waals surface area contributed by atoms with Gasteiger partial charge in [0.25, 0.3) is 0 Å². The van der Waals surface area contributed by atoms with Crippen molar-refractivity contribution < 1.29 is 0 Å². The van der Waals surface area contributed by atoms with Crippen LogP contribution in [0.2, 0.25) is 0 Å². The maximum absolute atomic E-state index is 4.35. The summed E-state index contributed by atoms with van der Waals surface area (Å²) in [5, 5.41) is 6.88. The maximum Gasteiger partial charge on any atom is 0.109 e. The molecule has 3 heteroatoms. The average Bonchev–Trinajstić information content (AvgIpc) is 3.01. The van der Waals surface area contributed by atoms with Crippen molar-refractivity contribution >= 4 is 11.3 Å². The van der Waals surface area contributed by atoms with E-state index in [1.54, 1.807) is 11.3 Å². The number of nitrogens with zero attached hydrogens (tertiary/aromatic N) is 1. The Bertz CT molecular complexity index is 371. The van der Waals surface area contributed by atoms with Crippen LogP contribution in [0, 0.1) is 17.8 Å². The van der Waals surface area contributed by atoms with E-state index in [0.29, 0.717) is 6.04 Å². The summed E-state index contributed by atoms with van der Waals surface area (Å²) in [5.41, 5.74) is 0. The zero-order chi connectivity index (χ0) is 11.0. The lowest BCUT2D eigenvalue weighted by Gasteiger charge is -2.20. The maximum atomic E-state index is 4.35. The molecule has 2 nitrogen and oxygen atoms in total. The van der Waals surface area contributed by atoms with Crippen LogP contribution in [0.4, 0.5) is 0 Å². The lowest BCUT2D eigenvalue weighted by Crippen LogP contribution is -2.27. The predicted molar refractivity (Wildman–Crippen MR) is 67.4 cm³/mol. The third-order valence-corrected chi connectivity index (χ3v) is 4.88. The van der Waals surface area contributed by atoms with Gasteiger partial charge in [0.05, 0.1) is 6.04 Å². The van der Waals surface area contributed by atoms with Crippen molar-refractivity contribution in [2.24, 2.45) is 17.8 Å². The first kappa shape index (κ1) is 10.5. The van der Waals surface area contributed by atoms with Gasteiger partial charge in [0, 0.05) is 11.6 Å². The summed E-state index contributed by atoms with van der Waals surface area (Å²) in [6.45, 7) is 3.36. The van der Waals surface area contributed by atoms with Crippen LogP contribution in [0.1, 0.15) is 30.8 Å². The molecule has 0 radical (unpaired) electrons. The second-order valence-corrected chi connectivity index (χ2v) is 5.97. The van der Waals surface area contributed by atoms with Gasteiger partial charge in [0.2, 0.25) is 0 Å². The molecule has 1 fully saturated rings. The van der Waals surface area contributed by atoms with E-state index < -0.39 is 0 Å². The number of hydrogen-bond acceptors (Lipinski definition) is 3. The molecule has 1 aromatic heterocycles. The lowest BCUT2D eigenvalue weighted by atomic mass is 9.93. The highest BCUT2D eigenvalue weighted by molar-refractivity contribution is 7.09. The Kier molecular flexibility index (Phi) is 2.82. The first-order valence-electron chi connectivity index (χ1n) is 6.14. The summed E-state index contributed by atoms with van der Waals surface area (Å²) in [6.07, 6.45) is 9.51. The summed E-state index contributed by atoms with van der Waals surface area (Å²) >= 11 is 1.74. The molecular formula is C13H18N2S. The van der Waals surface area contributed by atoms with Crippen molar-refractivity contribution in [3.63, 3.8) is 0 Å². The molecular weight excluding hydrogens is 216 g/mol. The Labute approximate surface area is 101 Å². The van der Waals surface area contributed by atoms with Crippen molar-refractivity contribution in [2.75, 3.05) is 6.54 Å². The average molecular weight is 234 g/mol. The molecule has 4 unspecified atom stereocenters. The van der Waals surface area contributed by atoms with Crippen molar-refractivity contribution in [3.05, 3.63) is 28.7 Å². The minimum Gasteiger partial charge on any atom is -0.308 e. The van der Waals surface area contributed by atoms with Crippen LogP contribution in [0.25, 0.3) is 0 Å². The van der Waals surface area contributed by atoms with Gasteiger partial charge in [-0.05, 0) is 44.1 Å². The van der Waals surface area contributed by atoms with Gasteiger partial charge in [-0.1, -0.05) is 12.2 Å². The van der Waals surface area contributed by atoms with E-state index in [2.05, 4.69) is 29.4 Å². The fourth-order valence-corrected chi connectivity index (χ4v) is 3.66. The van der Waals surface area contributed by atoms with E-state index >= 15 is 0 Å². The molecule has 2 aliphatic carbocycles. The summed E-state index contributed by atoms with van der Waals surface area (Å²) in [7, 11) is 0. The quantitative estimate of drug-likeness (QED) is 0.810. The van der Waals surface area contributed by atoms with E-state index in [4.69, 9.17) is 0 Å². The number of aromatic nitrogens is 1. The SMILES string of the molecule is CC(NCC1CC2C=CC1C2)c1nccs1. The van der Waals surface area contributed by atoms with Crippen LogP contribution in [-0.4, -0.2) is 11.5 Å². The molecule has 1 heterocycles. The van der Waals surface area contributed by atoms with E-state index in [1.807, 2.05) is 11.6 Å². The highest BCUT2D eigenvalue weighted by atomic mass is 32.1. The van der Waals surface area contributed by atoms with Crippen LogP contribution in [0.15, 0.2) is 23.7 Å². The zero-order valence-corrected chi connectivity index (χ0v) is 10.4. The Balaban J connectivity index is 1.52. The first-order valence-corrected chi connectivity index (χ1v) is 7.02. The third-order valence-electron chi connectivity index (χ3n) is 3.92. The van der Waals surface area contributed by atoms with Gasteiger partial charge in [-0.25, -0.2) is 4.98 Å². The summed E-state index contributed by atoms with van der Waals surface area (Å²) in [4.78, 5) is 4.35. The largest absolute Gasteiger partial charge is 0.308 e. The number of rotatable bonds is 4. The molecule has 0 saturated heterocycles. The van der Waals surface area contributed by atoms with Crippen molar-refractivity contribution in [2.45, 2.75) is 25.8 Å². The van der Waals surface area contributed by atoms with Gasteiger partial charge >= 0.3 is 0 Å². The molecule has 1 saturated carbocycles. The summed E-state index contributed by atoms with van der Waals surface area (Å²) in [6, 6.07) is 0.406. The molecule has 1 aromatic rings. The Morgan fingerprint density at radius 2 is 2.44 bits per heavy atom. The molecule has 16 heavy (non-hydrogen) atoms. The molecule has 3 rings (SSSR count). The summed E-state index contributed by atoms with van der Waals surface area (Å²) in [5.74, 6) is 2.59. The molecule has 0 aliphatic heterocycles. The van der Waals surface area contributed by atoms with Crippen LogP contribution < -0.4 is 5.32 Å². The first-order chi connectivity index (χ1) is 7.83. The second-order valence-electron chi connectivity index (χ2n) is 5.04. The Morgan fingerprint density at radius 3 is 3.06 bits per heavy atom. The minimum atomic E-state index is 0.406. The number of nitrogens with one attached hydrogen (secondary N) is 1. The highest BCUT2D eigenvalue weighted by Crippen LogP contribution is 2.43. The lowest BCUT2D eigenvalue weighted by molar-refractivity contribution is 0.393. The normalized spacial score (nSPS) is 33.4. The zero-order valence-electron chi connectivity index (χ0n) is 9.60. The van der Waals surface area contributed by atoms with Gasteiger partial charge in [-0.2, -0.15) is 0 Å². The Morgan fingerprint density at radius 1 is 1.50 bits per heavy atom. The van der Waals surface area contributed by atoms with Gasteiger partial charge in [0.1, 0.15) is 5.01 Å². The molecule has 86 valence electrons. The monoisotopic (exact) mass is 234 g/mol. The second kappa shape index (κ2) is 4.30. The number of fused-ring (bicyclic) bond motifs is 2. The van der Waals surface area contributed by atoms with E-state index in [9.17, 15) is 0 Å². The number of hydrogen-bond donors (Lipinski definition) is 1. The fraction of sp³-hybridized carbons (Fsp3) is 0.615. The van der Waals surface area contributed by atoms with Gasteiger partial charge in [0.15, 0.2) is 0 Å². The molecule has 0 aromatic carbocycles. The van der Waals surface area contributed by atoms with Crippen LogP contribution in [-0.2, 0) is 0 Å². The molecule has 2 aliphatic rings. The van der Waals surface area contributed by atoms with Gasteiger partial charge in [-0.15, -0.1) is 11.3 Å². The topological polar surface area (TPSA) is 24.9 Å². The number of thiazole rings is 1. The fourth-order valence-electron chi connectivity index (χ4n) is 2.99. The molecule has 4 atom stereocenters. The smallest absolute Gasteiger partial charge is 0.109 e. The Hall–Kier alpha value is -0.670. The van der Waals surface area contributed by atoms with E-state index in [-0.39, 0.29) is 0 Å². The molecule has 0 amide bonds. The van der Waals surface area contributed by atoms with Crippen LogP contribution in [0.3, 0.4) is 0 Å². The van der Waals surface area contributed by atoms with Gasteiger partial charge < -0.3 is 5.32 Å². The summed E-state index contributed by atoms with van der Waals surface area (Å²) < 4.78 is 0. The predicted octanol–water partition coefficient (Wildman–Crippen LogP) is 3.01. The molecule has 0 spiro atoms. The van der Waals surface area contributed by atoms with Crippen molar-refractivity contribution in [1.29, 1.82) is 0 Å². The van der Waals surface area contributed by atoms with Crippen LogP contribution >= 0.6 is 11.3 Å². The minimum absolute atomic E-state index is 0.406. The highest BCUT2D eigenvalue weighted by Gasteiger charge is 2.35. The number of allylic oxidation sites excluding steroid dienone is 2. The van der Waals surface area contributed by atoms with E-state index in [1.165, 1.54) is 17.8 Å². The van der Waals surface area contributed by atoms with Crippen molar-refractivity contribution in [1.82, 2.24) is 10.3 Å².